The molecule has 2 aromatic rings. The largest absolute Gasteiger partial charge is 0.396 e. The first kappa shape index (κ1) is 13.1. The van der Waals surface area contributed by atoms with E-state index in [2.05, 4.69) is 15.4 Å². The van der Waals surface area contributed by atoms with Gasteiger partial charge >= 0.3 is 0 Å². The summed E-state index contributed by atoms with van der Waals surface area (Å²) < 4.78 is 1.62. The number of carbonyl (C=O) groups excluding carboxylic acids is 1. The van der Waals surface area contributed by atoms with Gasteiger partial charge in [0.1, 0.15) is 6.54 Å². The summed E-state index contributed by atoms with van der Waals surface area (Å²) in [5.74, 6) is 0.472. The topological polar surface area (TPSA) is 85.8 Å². The molecule has 7 heteroatoms. The van der Waals surface area contributed by atoms with Crippen LogP contribution in [0.3, 0.4) is 0 Å². The number of hydrogen-bond donors (Lipinski definition) is 2. The van der Waals surface area contributed by atoms with Crippen molar-refractivity contribution in [1.29, 1.82) is 0 Å². The van der Waals surface area contributed by atoms with Crippen LogP contribution in [0.4, 0.5) is 10.8 Å². The van der Waals surface area contributed by atoms with Gasteiger partial charge in [0.25, 0.3) is 0 Å². The molecular formula is C13H17N5OS. The lowest BCUT2D eigenvalue weighted by Gasteiger charge is -2.04. The molecule has 0 aromatic carbocycles. The molecule has 1 aliphatic rings. The number of nitrogens with zero attached hydrogens (tertiary/aromatic N) is 3. The predicted octanol–water partition coefficient (Wildman–Crippen LogP) is 2.05. The van der Waals surface area contributed by atoms with Crippen molar-refractivity contribution in [1.82, 2.24) is 14.8 Å². The van der Waals surface area contributed by atoms with Gasteiger partial charge in [-0.15, -0.1) is 11.3 Å². The van der Waals surface area contributed by atoms with Gasteiger partial charge in [0, 0.05) is 11.3 Å². The lowest BCUT2D eigenvalue weighted by molar-refractivity contribution is -0.116. The lowest BCUT2D eigenvalue weighted by Crippen LogP contribution is -2.20. The van der Waals surface area contributed by atoms with Gasteiger partial charge < -0.3 is 11.1 Å². The smallest absolute Gasteiger partial charge is 0.247 e. The van der Waals surface area contributed by atoms with Crippen molar-refractivity contribution in [2.24, 2.45) is 0 Å². The summed E-state index contributed by atoms with van der Waals surface area (Å²) in [7, 11) is 0. The zero-order chi connectivity index (χ0) is 14.3. The summed E-state index contributed by atoms with van der Waals surface area (Å²) in [5.41, 5.74) is 9.15. The zero-order valence-corrected chi connectivity index (χ0v) is 12.3. The number of aromatic nitrogens is 3. The number of hydrogen-bond acceptors (Lipinski definition) is 5. The van der Waals surface area contributed by atoms with Crippen molar-refractivity contribution in [2.45, 2.75) is 39.2 Å². The fraction of sp³-hybridized carbons (Fsp3) is 0.462. The highest BCUT2D eigenvalue weighted by molar-refractivity contribution is 7.13. The fourth-order valence-corrected chi connectivity index (χ4v) is 2.88. The molecule has 3 N–H and O–H groups in total. The van der Waals surface area contributed by atoms with Gasteiger partial charge in [0.05, 0.1) is 22.8 Å². The molecule has 2 aromatic heterocycles. The van der Waals surface area contributed by atoms with Gasteiger partial charge in [-0.2, -0.15) is 5.10 Å². The molecule has 0 saturated heterocycles. The molecule has 3 rings (SSSR count). The number of rotatable bonds is 4. The second kappa shape index (κ2) is 4.90. The third kappa shape index (κ3) is 2.53. The van der Waals surface area contributed by atoms with Gasteiger partial charge in [0.15, 0.2) is 5.13 Å². The van der Waals surface area contributed by atoms with E-state index in [4.69, 9.17) is 5.73 Å². The minimum atomic E-state index is -0.132. The van der Waals surface area contributed by atoms with Crippen LogP contribution < -0.4 is 11.1 Å². The van der Waals surface area contributed by atoms with Crippen LogP contribution >= 0.6 is 11.3 Å². The number of nitrogens with two attached hydrogens (primary N) is 1. The Morgan fingerprint density at radius 1 is 1.55 bits per heavy atom. The van der Waals surface area contributed by atoms with Gasteiger partial charge in [0.2, 0.25) is 5.91 Å². The van der Waals surface area contributed by atoms with Crippen molar-refractivity contribution < 1.29 is 4.79 Å². The molecule has 0 bridgehead atoms. The van der Waals surface area contributed by atoms with Crippen LogP contribution in [0, 0.1) is 13.8 Å². The number of aryl methyl sites for hydroxylation is 1. The van der Waals surface area contributed by atoms with E-state index in [1.54, 1.807) is 4.68 Å². The van der Waals surface area contributed by atoms with Crippen LogP contribution in [0.1, 0.15) is 35.8 Å². The molecule has 106 valence electrons. The molecule has 0 aliphatic heterocycles. The van der Waals surface area contributed by atoms with E-state index in [0.29, 0.717) is 16.7 Å². The molecular weight excluding hydrogens is 274 g/mol. The highest BCUT2D eigenvalue weighted by Gasteiger charge is 2.26. The van der Waals surface area contributed by atoms with Crippen molar-refractivity contribution in [3.8, 4) is 0 Å². The Morgan fingerprint density at radius 2 is 2.30 bits per heavy atom. The highest BCUT2D eigenvalue weighted by Crippen LogP contribution is 2.40. The maximum Gasteiger partial charge on any atom is 0.247 e. The number of amides is 1. The third-order valence-corrected chi connectivity index (χ3v) is 4.27. The van der Waals surface area contributed by atoms with Crippen molar-refractivity contribution in [3.05, 3.63) is 22.5 Å². The zero-order valence-electron chi connectivity index (χ0n) is 11.5. The Morgan fingerprint density at radius 3 is 2.90 bits per heavy atom. The van der Waals surface area contributed by atoms with Gasteiger partial charge in [-0.1, -0.05) is 0 Å². The van der Waals surface area contributed by atoms with Crippen LogP contribution in [0.15, 0.2) is 5.38 Å². The number of thiazole rings is 1. The molecule has 6 nitrogen and oxygen atoms in total. The Kier molecular flexibility index (Phi) is 3.21. The van der Waals surface area contributed by atoms with E-state index in [9.17, 15) is 4.79 Å². The Labute approximate surface area is 121 Å². The summed E-state index contributed by atoms with van der Waals surface area (Å²) in [6.07, 6.45) is 2.42. The van der Waals surface area contributed by atoms with Gasteiger partial charge in [-0.3, -0.25) is 9.48 Å². The Bertz CT molecular complexity index is 656. The van der Waals surface area contributed by atoms with E-state index in [0.717, 1.165) is 17.1 Å². The second-order valence-corrected chi connectivity index (χ2v) is 6.00. The standard InChI is InChI=1S/C13H17N5OS/c1-7-12(14)8(2)18(17-7)5-11(19)16-13-15-10(6-20-13)9-3-4-9/h6,9H,3-5,14H2,1-2H3,(H,15,16,19). The van der Waals surface area contributed by atoms with Crippen molar-refractivity contribution in [3.63, 3.8) is 0 Å². The van der Waals surface area contributed by atoms with Crippen molar-refractivity contribution in [2.75, 3.05) is 11.1 Å². The second-order valence-electron chi connectivity index (χ2n) is 5.14. The molecule has 0 spiro atoms. The Hall–Kier alpha value is -1.89. The first-order chi connectivity index (χ1) is 9.54. The van der Waals surface area contributed by atoms with E-state index >= 15 is 0 Å². The van der Waals surface area contributed by atoms with Crippen LogP contribution in [0.2, 0.25) is 0 Å². The molecule has 0 atom stereocenters. The third-order valence-electron chi connectivity index (χ3n) is 3.49. The SMILES string of the molecule is Cc1nn(CC(=O)Nc2nc(C3CC3)cs2)c(C)c1N. The normalized spacial score (nSPS) is 14.5. The monoisotopic (exact) mass is 291 g/mol. The van der Waals surface area contributed by atoms with Crippen LogP contribution in [0.25, 0.3) is 0 Å². The summed E-state index contributed by atoms with van der Waals surface area (Å²) in [6, 6.07) is 0. The van der Waals surface area contributed by atoms with E-state index in [-0.39, 0.29) is 12.5 Å². The summed E-state index contributed by atoms with van der Waals surface area (Å²) in [4.78, 5) is 16.4. The summed E-state index contributed by atoms with van der Waals surface area (Å²) in [6.45, 7) is 3.85. The molecule has 2 heterocycles. The van der Waals surface area contributed by atoms with Crippen LogP contribution in [-0.2, 0) is 11.3 Å². The van der Waals surface area contributed by atoms with Gasteiger partial charge in [-0.05, 0) is 26.7 Å². The number of nitrogens with one attached hydrogen (secondary N) is 1. The molecule has 0 radical (unpaired) electrons. The summed E-state index contributed by atoms with van der Waals surface area (Å²) >= 11 is 1.47. The van der Waals surface area contributed by atoms with E-state index < -0.39 is 0 Å². The molecule has 1 aliphatic carbocycles. The maximum atomic E-state index is 12.0. The minimum absolute atomic E-state index is 0.132. The molecule has 1 fully saturated rings. The average molecular weight is 291 g/mol. The lowest BCUT2D eigenvalue weighted by atomic mass is 10.3. The molecule has 1 saturated carbocycles. The number of nitrogen functional groups attached to an aromatic ring is 1. The Balaban J connectivity index is 1.65. The highest BCUT2D eigenvalue weighted by atomic mass is 32.1. The van der Waals surface area contributed by atoms with Gasteiger partial charge in [-0.25, -0.2) is 4.98 Å². The quantitative estimate of drug-likeness (QED) is 0.902. The molecule has 1 amide bonds. The van der Waals surface area contributed by atoms with Crippen molar-refractivity contribution >= 4 is 28.1 Å². The fourth-order valence-electron chi connectivity index (χ4n) is 2.07. The first-order valence-electron chi connectivity index (χ1n) is 6.59. The maximum absolute atomic E-state index is 12.0. The number of carbonyl (C=O) groups is 1. The van der Waals surface area contributed by atoms with Crippen LogP contribution in [-0.4, -0.2) is 20.7 Å². The average Bonchev–Trinajstić information content (AvgIpc) is 3.12. The van der Waals surface area contributed by atoms with Crippen LogP contribution in [0.5, 0.6) is 0 Å². The minimum Gasteiger partial charge on any atom is -0.396 e. The van der Waals surface area contributed by atoms with E-state index in [1.165, 1.54) is 24.2 Å². The molecule has 0 unspecified atom stereocenters. The predicted molar refractivity (Wildman–Crippen MR) is 78.8 cm³/mol. The first-order valence-corrected chi connectivity index (χ1v) is 7.47. The summed E-state index contributed by atoms with van der Waals surface area (Å²) in [5, 5.41) is 9.75. The number of anilines is 2. The molecule has 20 heavy (non-hydrogen) atoms. The van der Waals surface area contributed by atoms with E-state index in [1.807, 2.05) is 19.2 Å².